The molecule has 0 unspecified atom stereocenters. The van der Waals surface area contributed by atoms with Crippen molar-refractivity contribution in [1.29, 1.82) is 0 Å². The lowest BCUT2D eigenvalue weighted by atomic mass is 9.95. The van der Waals surface area contributed by atoms with Gasteiger partial charge in [-0.3, -0.25) is 9.59 Å². The number of amides is 4. The predicted octanol–water partition coefficient (Wildman–Crippen LogP) is 3.28. The van der Waals surface area contributed by atoms with Gasteiger partial charge in [0, 0.05) is 43.9 Å². The molecule has 30 heavy (non-hydrogen) atoms. The van der Waals surface area contributed by atoms with Crippen LogP contribution in [0.1, 0.15) is 57.4 Å². The molecule has 0 bridgehead atoms. The Morgan fingerprint density at radius 3 is 2.17 bits per heavy atom. The predicted molar refractivity (Wildman–Crippen MR) is 118 cm³/mol. The topological polar surface area (TPSA) is 90.5 Å². The van der Waals surface area contributed by atoms with E-state index in [4.69, 9.17) is 0 Å². The van der Waals surface area contributed by atoms with Crippen LogP contribution in [0.3, 0.4) is 0 Å². The van der Waals surface area contributed by atoms with Crippen LogP contribution in [0.2, 0.25) is 0 Å². The van der Waals surface area contributed by atoms with E-state index in [1.807, 2.05) is 17.0 Å². The molecule has 162 valence electrons. The number of anilines is 1. The first-order valence-electron chi connectivity index (χ1n) is 10.9. The third-order valence-electron chi connectivity index (χ3n) is 5.72. The Bertz CT molecular complexity index is 761. The second-order valence-electron chi connectivity index (χ2n) is 8.19. The molecule has 1 saturated carbocycles. The van der Waals surface area contributed by atoms with Crippen molar-refractivity contribution in [3.05, 3.63) is 35.9 Å². The molecule has 3 N–H and O–H groups in total. The second kappa shape index (κ2) is 10.8. The molecule has 0 atom stereocenters. The molecular formula is C23H32N4O3. The van der Waals surface area contributed by atoms with E-state index in [1.165, 1.54) is 32.3 Å². The van der Waals surface area contributed by atoms with Crippen LogP contribution in [0, 0.1) is 0 Å². The van der Waals surface area contributed by atoms with Crippen LogP contribution >= 0.6 is 0 Å². The van der Waals surface area contributed by atoms with Crippen molar-refractivity contribution in [1.82, 2.24) is 15.5 Å². The summed E-state index contributed by atoms with van der Waals surface area (Å²) in [6.45, 7) is 2.79. The number of nitrogens with one attached hydrogen (secondary N) is 3. The third kappa shape index (κ3) is 6.90. The van der Waals surface area contributed by atoms with Gasteiger partial charge >= 0.3 is 6.03 Å². The molecule has 1 aliphatic heterocycles. The summed E-state index contributed by atoms with van der Waals surface area (Å²) in [5, 5.41) is 8.90. The van der Waals surface area contributed by atoms with E-state index in [1.54, 1.807) is 18.2 Å². The molecule has 2 aliphatic rings. The van der Waals surface area contributed by atoms with E-state index in [0.717, 1.165) is 36.9 Å². The lowest BCUT2D eigenvalue weighted by Crippen LogP contribution is -2.51. The highest BCUT2D eigenvalue weighted by Gasteiger charge is 2.25. The molecule has 0 radical (unpaired) electrons. The summed E-state index contributed by atoms with van der Waals surface area (Å²) in [5.41, 5.74) is 1.61. The van der Waals surface area contributed by atoms with Crippen molar-refractivity contribution in [2.45, 2.75) is 64.0 Å². The van der Waals surface area contributed by atoms with Crippen molar-refractivity contribution in [3.63, 3.8) is 0 Å². The molecule has 1 aromatic rings. The lowest BCUT2D eigenvalue weighted by Gasteiger charge is -2.34. The van der Waals surface area contributed by atoms with Gasteiger partial charge in [0.15, 0.2) is 0 Å². The standard InChI is InChI=1S/C23H32N4O3/c1-17(28)24-20-10-7-18(8-11-20)9-12-22(29)25-21-13-15-27(16-14-21)23(30)26-19-5-3-2-4-6-19/h7-12,19,21H,2-6,13-16H2,1H3,(H,24,28)(H,25,29)(H,26,30)/b12-9+. The van der Waals surface area contributed by atoms with Crippen LogP contribution in [-0.2, 0) is 9.59 Å². The van der Waals surface area contributed by atoms with E-state index in [2.05, 4.69) is 16.0 Å². The number of benzene rings is 1. The summed E-state index contributed by atoms with van der Waals surface area (Å²) < 4.78 is 0. The summed E-state index contributed by atoms with van der Waals surface area (Å²) in [4.78, 5) is 37.6. The number of hydrogen-bond donors (Lipinski definition) is 3. The van der Waals surface area contributed by atoms with E-state index in [-0.39, 0.29) is 23.9 Å². The Hall–Kier alpha value is -2.83. The Balaban J connectivity index is 1.38. The van der Waals surface area contributed by atoms with Crippen LogP contribution in [-0.4, -0.2) is 47.9 Å². The Morgan fingerprint density at radius 2 is 1.53 bits per heavy atom. The minimum absolute atomic E-state index is 0.0364. The number of hydrogen-bond acceptors (Lipinski definition) is 3. The van der Waals surface area contributed by atoms with Gasteiger partial charge in [-0.05, 0) is 49.5 Å². The van der Waals surface area contributed by atoms with Crippen molar-refractivity contribution >= 4 is 29.6 Å². The minimum atomic E-state index is -0.133. The number of rotatable bonds is 5. The molecule has 1 aromatic carbocycles. The first kappa shape index (κ1) is 21.9. The Kier molecular flexibility index (Phi) is 7.88. The van der Waals surface area contributed by atoms with Gasteiger partial charge in [0.2, 0.25) is 11.8 Å². The fourth-order valence-electron chi connectivity index (χ4n) is 4.04. The van der Waals surface area contributed by atoms with Gasteiger partial charge in [-0.1, -0.05) is 31.4 Å². The molecule has 2 fully saturated rings. The van der Waals surface area contributed by atoms with Crippen LogP contribution in [0.15, 0.2) is 30.3 Å². The SMILES string of the molecule is CC(=O)Nc1ccc(/C=C/C(=O)NC2CCN(C(=O)NC3CCCCC3)CC2)cc1. The highest BCUT2D eigenvalue weighted by molar-refractivity contribution is 5.92. The molecule has 0 spiro atoms. The maximum absolute atomic E-state index is 12.4. The molecule has 0 aromatic heterocycles. The number of nitrogens with zero attached hydrogens (tertiary/aromatic N) is 1. The van der Waals surface area contributed by atoms with Gasteiger partial charge in [0.1, 0.15) is 0 Å². The Labute approximate surface area is 178 Å². The summed E-state index contributed by atoms with van der Waals surface area (Å²) in [5.74, 6) is -0.249. The average Bonchev–Trinajstić information content (AvgIpc) is 2.74. The highest BCUT2D eigenvalue weighted by atomic mass is 16.2. The zero-order valence-corrected chi connectivity index (χ0v) is 17.7. The molecule has 3 rings (SSSR count). The maximum atomic E-state index is 12.4. The summed E-state index contributed by atoms with van der Waals surface area (Å²) in [7, 11) is 0. The zero-order chi connectivity index (χ0) is 21.3. The number of urea groups is 1. The van der Waals surface area contributed by atoms with E-state index >= 15 is 0 Å². The van der Waals surface area contributed by atoms with Gasteiger partial charge in [-0.15, -0.1) is 0 Å². The number of carbonyl (C=O) groups is 3. The summed E-state index contributed by atoms with van der Waals surface area (Å²) in [6, 6.07) is 7.73. The molecule has 4 amide bonds. The largest absolute Gasteiger partial charge is 0.350 e. The number of piperidine rings is 1. The van der Waals surface area contributed by atoms with Gasteiger partial charge < -0.3 is 20.9 Å². The van der Waals surface area contributed by atoms with Gasteiger partial charge in [-0.25, -0.2) is 4.79 Å². The first-order valence-corrected chi connectivity index (χ1v) is 10.9. The average molecular weight is 413 g/mol. The molecule has 7 heteroatoms. The quantitative estimate of drug-likeness (QED) is 0.648. The van der Waals surface area contributed by atoms with Gasteiger partial charge in [0.05, 0.1) is 0 Å². The zero-order valence-electron chi connectivity index (χ0n) is 17.7. The maximum Gasteiger partial charge on any atom is 0.317 e. The van der Waals surface area contributed by atoms with E-state index in [9.17, 15) is 14.4 Å². The lowest BCUT2D eigenvalue weighted by molar-refractivity contribution is -0.117. The summed E-state index contributed by atoms with van der Waals surface area (Å²) >= 11 is 0. The molecule has 1 aliphatic carbocycles. The molecule has 1 saturated heterocycles. The molecular weight excluding hydrogens is 380 g/mol. The summed E-state index contributed by atoms with van der Waals surface area (Å²) in [6.07, 6.45) is 10.6. The van der Waals surface area contributed by atoms with Crippen LogP contribution in [0.25, 0.3) is 6.08 Å². The normalized spacial score (nSPS) is 18.2. The van der Waals surface area contributed by atoms with Crippen molar-refractivity contribution in [3.8, 4) is 0 Å². The van der Waals surface area contributed by atoms with Crippen molar-refractivity contribution in [2.75, 3.05) is 18.4 Å². The highest BCUT2D eigenvalue weighted by Crippen LogP contribution is 2.18. The second-order valence-corrected chi connectivity index (χ2v) is 8.19. The number of likely N-dealkylation sites (tertiary alicyclic amines) is 1. The molecule has 7 nitrogen and oxygen atoms in total. The number of carbonyl (C=O) groups excluding carboxylic acids is 3. The fourth-order valence-corrected chi connectivity index (χ4v) is 4.04. The van der Waals surface area contributed by atoms with E-state index < -0.39 is 0 Å². The van der Waals surface area contributed by atoms with E-state index in [0.29, 0.717) is 19.1 Å². The van der Waals surface area contributed by atoms with Crippen molar-refractivity contribution in [2.24, 2.45) is 0 Å². The Morgan fingerprint density at radius 1 is 0.900 bits per heavy atom. The first-order chi connectivity index (χ1) is 14.5. The van der Waals surface area contributed by atoms with Crippen LogP contribution < -0.4 is 16.0 Å². The van der Waals surface area contributed by atoms with Crippen LogP contribution in [0.5, 0.6) is 0 Å². The van der Waals surface area contributed by atoms with Gasteiger partial charge in [-0.2, -0.15) is 0 Å². The molecule has 1 heterocycles. The van der Waals surface area contributed by atoms with Gasteiger partial charge in [0.25, 0.3) is 0 Å². The van der Waals surface area contributed by atoms with Crippen molar-refractivity contribution < 1.29 is 14.4 Å². The fraction of sp³-hybridized carbons (Fsp3) is 0.522. The van der Waals surface area contributed by atoms with Crippen LogP contribution in [0.4, 0.5) is 10.5 Å². The smallest absolute Gasteiger partial charge is 0.317 e. The monoisotopic (exact) mass is 412 g/mol. The third-order valence-corrected chi connectivity index (χ3v) is 5.72. The minimum Gasteiger partial charge on any atom is -0.350 e.